The van der Waals surface area contributed by atoms with Gasteiger partial charge in [-0.2, -0.15) is 0 Å². The number of hydrogen-bond acceptors (Lipinski definition) is 5. The van der Waals surface area contributed by atoms with Crippen LogP contribution >= 0.6 is 0 Å². The summed E-state index contributed by atoms with van der Waals surface area (Å²) in [5, 5.41) is 3.56. The van der Waals surface area contributed by atoms with E-state index in [1.165, 1.54) is 7.11 Å². The number of fused-ring (bicyclic) bond motifs is 1. The average molecular weight is 366 g/mol. The number of ether oxygens (including phenoxy) is 2. The van der Waals surface area contributed by atoms with Gasteiger partial charge in [0.1, 0.15) is 11.8 Å². The van der Waals surface area contributed by atoms with Crippen LogP contribution in [0.1, 0.15) is 37.9 Å². The highest BCUT2D eigenvalue weighted by atomic mass is 28.4. The van der Waals surface area contributed by atoms with Gasteiger partial charge in [0.25, 0.3) is 0 Å². The second kappa shape index (κ2) is 7.48. The first-order valence-corrected chi connectivity index (χ1v) is 11.6. The van der Waals surface area contributed by atoms with Crippen LogP contribution in [0, 0.1) is 0 Å². The van der Waals surface area contributed by atoms with E-state index in [1.807, 2.05) is 18.2 Å². The monoisotopic (exact) mass is 365 g/mol. The van der Waals surface area contributed by atoms with E-state index in [2.05, 4.69) is 39.2 Å². The van der Waals surface area contributed by atoms with Gasteiger partial charge in [-0.15, -0.1) is 0 Å². The lowest BCUT2D eigenvalue weighted by Crippen LogP contribution is -2.49. The van der Waals surface area contributed by atoms with E-state index >= 15 is 0 Å². The van der Waals surface area contributed by atoms with E-state index in [9.17, 15) is 4.79 Å². The first-order valence-electron chi connectivity index (χ1n) is 8.73. The van der Waals surface area contributed by atoms with Gasteiger partial charge in [0.05, 0.1) is 14.2 Å². The van der Waals surface area contributed by atoms with Crippen LogP contribution in [0.25, 0.3) is 0 Å². The zero-order valence-electron chi connectivity index (χ0n) is 16.4. The number of nitrogens with one attached hydrogen (secondary N) is 1. The molecule has 2 rings (SSSR count). The summed E-state index contributed by atoms with van der Waals surface area (Å²) in [6.45, 7) is 11.8. The molecule has 0 bridgehead atoms. The van der Waals surface area contributed by atoms with Crippen molar-refractivity contribution in [2.75, 3.05) is 20.8 Å². The third-order valence-corrected chi connectivity index (χ3v) is 9.92. The minimum Gasteiger partial charge on any atom is -0.497 e. The Balaban J connectivity index is 2.20. The highest BCUT2D eigenvalue weighted by molar-refractivity contribution is 6.74. The fourth-order valence-electron chi connectivity index (χ4n) is 2.75. The molecule has 0 spiro atoms. The van der Waals surface area contributed by atoms with Crippen molar-refractivity contribution in [3.05, 3.63) is 29.3 Å². The first-order chi connectivity index (χ1) is 11.6. The van der Waals surface area contributed by atoms with Gasteiger partial charge in [-0.05, 0) is 47.8 Å². The molecule has 1 unspecified atom stereocenters. The van der Waals surface area contributed by atoms with Crippen LogP contribution in [0.5, 0.6) is 5.75 Å². The zero-order chi connectivity index (χ0) is 18.8. The van der Waals surface area contributed by atoms with Crippen molar-refractivity contribution in [2.45, 2.75) is 57.4 Å². The van der Waals surface area contributed by atoms with Crippen LogP contribution in [0.4, 0.5) is 0 Å². The molecule has 25 heavy (non-hydrogen) atoms. The number of esters is 1. The average Bonchev–Trinajstić information content (AvgIpc) is 2.57. The predicted molar refractivity (Wildman–Crippen MR) is 102 cm³/mol. The molecule has 140 valence electrons. The Morgan fingerprint density at radius 2 is 1.96 bits per heavy atom. The summed E-state index contributed by atoms with van der Waals surface area (Å²) in [6.07, 6.45) is 0.821. The minimum absolute atomic E-state index is 0.0825. The van der Waals surface area contributed by atoms with Crippen LogP contribution in [-0.4, -0.2) is 41.2 Å². The Labute approximate surface area is 152 Å². The first kappa shape index (κ1) is 19.9. The highest BCUT2D eigenvalue weighted by Crippen LogP contribution is 2.37. The summed E-state index contributed by atoms with van der Waals surface area (Å²) in [5.74, 6) is 0.456. The Kier molecular flexibility index (Phi) is 5.96. The van der Waals surface area contributed by atoms with Crippen molar-refractivity contribution in [1.82, 2.24) is 5.32 Å². The Morgan fingerprint density at radius 3 is 2.52 bits per heavy atom. The molecule has 1 N–H and O–H groups in total. The molecule has 2 atom stereocenters. The molecule has 0 radical (unpaired) electrons. The van der Waals surface area contributed by atoms with Gasteiger partial charge in [-0.3, -0.25) is 5.32 Å². The van der Waals surface area contributed by atoms with Crippen LogP contribution in [-0.2, 0) is 20.4 Å². The zero-order valence-corrected chi connectivity index (χ0v) is 17.4. The molecule has 0 saturated heterocycles. The molecule has 1 aliphatic rings. The highest BCUT2D eigenvalue weighted by Gasteiger charge is 2.39. The van der Waals surface area contributed by atoms with Crippen molar-refractivity contribution >= 4 is 14.3 Å². The Hall–Kier alpha value is -1.37. The predicted octanol–water partition coefficient (Wildman–Crippen LogP) is 3.45. The van der Waals surface area contributed by atoms with Crippen LogP contribution < -0.4 is 10.1 Å². The summed E-state index contributed by atoms with van der Waals surface area (Å²) in [4.78, 5) is 12.3. The minimum atomic E-state index is -1.83. The number of carbonyl (C=O) groups excluding carboxylic acids is 1. The van der Waals surface area contributed by atoms with E-state index in [-0.39, 0.29) is 17.0 Å². The fraction of sp³-hybridized carbons (Fsp3) is 0.632. The van der Waals surface area contributed by atoms with E-state index in [1.54, 1.807) is 7.11 Å². The van der Waals surface area contributed by atoms with Crippen LogP contribution in [0.3, 0.4) is 0 Å². The molecular weight excluding hydrogens is 334 g/mol. The molecule has 0 fully saturated rings. The Morgan fingerprint density at radius 1 is 1.28 bits per heavy atom. The van der Waals surface area contributed by atoms with E-state index in [0.29, 0.717) is 6.61 Å². The number of benzene rings is 1. The third kappa shape index (κ3) is 4.43. The van der Waals surface area contributed by atoms with Crippen LogP contribution in [0.2, 0.25) is 18.1 Å². The van der Waals surface area contributed by atoms with Crippen LogP contribution in [0.15, 0.2) is 18.2 Å². The van der Waals surface area contributed by atoms with Gasteiger partial charge in [0, 0.05) is 12.6 Å². The second-order valence-electron chi connectivity index (χ2n) is 8.16. The van der Waals surface area contributed by atoms with Gasteiger partial charge in [0.15, 0.2) is 8.32 Å². The molecule has 1 aromatic rings. The Bertz CT molecular complexity index is 624. The number of rotatable bonds is 5. The number of carbonyl (C=O) groups is 1. The van der Waals surface area contributed by atoms with Gasteiger partial charge >= 0.3 is 5.97 Å². The maximum absolute atomic E-state index is 12.3. The molecule has 1 aliphatic heterocycles. The second-order valence-corrected chi connectivity index (χ2v) is 13.0. The number of methoxy groups -OCH3 is 2. The van der Waals surface area contributed by atoms with Gasteiger partial charge in [0.2, 0.25) is 0 Å². The molecule has 1 heterocycles. The lowest BCUT2D eigenvalue weighted by atomic mass is 9.90. The molecule has 0 aliphatic carbocycles. The SMILES string of the molecule is COC(=O)C1N[C@H](CO[Si](C)(C)C(C)(C)C)Cc2ccc(OC)cc21. The molecule has 5 nitrogen and oxygen atoms in total. The molecule has 1 aromatic carbocycles. The largest absolute Gasteiger partial charge is 0.497 e. The normalized spacial score (nSPS) is 20.8. The van der Waals surface area contributed by atoms with Gasteiger partial charge < -0.3 is 13.9 Å². The summed E-state index contributed by atoms with van der Waals surface area (Å²) < 4.78 is 16.6. The van der Waals surface area contributed by atoms with Crippen molar-refractivity contribution in [3.63, 3.8) is 0 Å². The maximum Gasteiger partial charge on any atom is 0.327 e. The smallest absolute Gasteiger partial charge is 0.327 e. The molecular formula is C19H31NO4Si. The standard InChI is InChI=1S/C19H31NO4Si/c1-19(2,3)25(6,7)24-12-14-10-13-8-9-15(22-4)11-16(13)17(20-14)18(21)23-5/h8-9,11,14,17,20H,10,12H2,1-7H3/t14-,17?/m0/s1. The van der Waals surface area contributed by atoms with E-state index in [4.69, 9.17) is 13.9 Å². The topological polar surface area (TPSA) is 56.8 Å². The fourth-order valence-corrected chi connectivity index (χ4v) is 3.80. The summed E-state index contributed by atoms with van der Waals surface area (Å²) in [7, 11) is 1.21. The molecule has 0 saturated carbocycles. The summed E-state index contributed by atoms with van der Waals surface area (Å²) in [6, 6.07) is 5.47. The quantitative estimate of drug-likeness (QED) is 0.640. The molecule has 0 aromatic heterocycles. The van der Waals surface area contributed by atoms with Gasteiger partial charge in [-0.25, -0.2) is 4.79 Å². The van der Waals surface area contributed by atoms with Crippen molar-refractivity contribution < 1.29 is 18.7 Å². The lowest BCUT2D eigenvalue weighted by Gasteiger charge is -2.39. The van der Waals surface area contributed by atoms with E-state index in [0.717, 1.165) is 23.3 Å². The summed E-state index contributed by atoms with van der Waals surface area (Å²) in [5.41, 5.74) is 2.06. The van der Waals surface area contributed by atoms with Crippen molar-refractivity contribution in [2.24, 2.45) is 0 Å². The third-order valence-electron chi connectivity index (χ3n) is 5.42. The van der Waals surface area contributed by atoms with E-state index < -0.39 is 14.4 Å². The molecule has 6 heteroatoms. The number of hydrogen-bond donors (Lipinski definition) is 1. The van der Waals surface area contributed by atoms with Crippen molar-refractivity contribution in [1.29, 1.82) is 0 Å². The summed E-state index contributed by atoms with van der Waals surface area (Å²) >= 11 is 0. The molecule has 0 amide bonds. The van der Waals surface area contributed by atoms with Crippen molar-refractivity contribution in [3.8, 4) is 5.75 Å². The van der Waals surface area contributed by atoms with Gasteiger partial charge in [-0.1, -0.05) is 26.8 Å². The maximum atomic E-state index is 12.3. The lowest BCUT2D eigenvalue weighted by molar-refractivity contribution is -0.143.